The van der Waals surface area contributed by atoms with Gasteiger partial charge in [-0.3, -0.25) is 0 Å². The quantitative estimate of drug-likeness (QED) is 0.836. The second kappa shape index (κ2) is 5.63. The van der Waals surface area contributed by atoms with Gasteiger partial charge in [0.15, 0.2) is 0 Å². The van der Waals surface area contributed by atoms with E-state index in [1.807, 2.05) is 18.2 Å². The second-order valence-corrected chi connectivity index (χ2v) is 5.25. The summed E-state index contributed by atoms with van der Waals surface area (Å²) in [6.07, 6.45) is 4.12. The van der Waals surface area contributed by atoms with E-state index in [1.165, 1.54) is 0 Å². The molecule has 0 radical (unpaired) electrons. The van der Waals surface area contributed by atoms with Crippen LogP contribution in [-0.2, 0) is 4.74 Å². The first-order valence-corrected chi connectivity index (χ1v) is 7.13. The minimum Gasteiger partial charge on any atom is -0.399 e. The van der Waals surface area contributed by atoms with Crippen LogP contribution in [0, 0.1) is 5.92 Å². The smallest absolute Gasteiger partial charge is 0.137 e. The third-order valence-electron chi connectivity index (χ3n) is 3.94. The molecule has 5 nitrogen and oxygen atoms in total. The van der Waals surface area contributed by atoms with Crippen LogP contribution in [0.1, 0.15) is 19.8 Å². The molecule has 2 aromatic rings. The number of hydrogen-bond donors (Lipinski definition) is 2. The Labute approximate surface area is 118 Å². The highest BCUT2D eigenvalue weighted by atomic mass is 16.5. The fourth-order valence-electron chi connectivity index (χ4n) is 2.82. The summed E-state index contributed by atoms with van der Waals surface area (Å²) < 4.78 is 5.72. The van der Waals surface area contributed by atoms with Gasteiger partial charge in [-0.2, -0.15) is 0 Å². The zero-order chi connectivity index (χ0) is 13.9. The monoisotopic (exact) mass is 272 g/mol. The maximum absolute atomic E-state index is 5.85. The predicted molar refractivity (Wildman–Crippen MR) is 80.6 cm³/mol. The Hall–Kier alpha value is -1.88. The molecule has 20 heavy (non-hydrogen) atoms. The van der Waals surface area contributed by atoms with Gasteiger partial charge in [0, 0.05) is 30.1 Å². The summed E-state index contributed by atoms with van der Waals surface area (Å²) in [5, 5.41) is 4.41. The van der Waals surface area contributed by atoms with Crippen LogP contribution in [0.3, 0.4) is 0 Å². The third-order valence-corrected chi connectivity index (χ3v) is 3.94. The summed E-state index contributed by atoms with van der Waals surface area (Å²) in [6.45, 7) is 3.91. The fourth-order valence-corrected chi connectivity index (χ4v) is 2.82. The van der Waals surface area contributed by atoms with Gasteiger partial charge in [0.25, 0.3) is 0 Å². The Balaban J connectivity index is 1.79. The molecule has 3 N–H and O–H groups in total. The first kappa shape index (κ1) is 13.1. The first-order chi connectivity index (χ1) is 9.78. The Morgan fingerprint density at radius 1 is 1.40 bits per heavy atom. The van der Waals surface area contributed by atoms with Crippen LogP contribution >= 0.6 is 0 Å². The van der Waals surface area contributed by atoms with Gasteiger partial charge >= 0.3 is 0 Å². The van der Waals surface area contributed by atoms with Crippen molar-refractivity contribution in [2.24, 2.45) is 5.92 Å². The van der Waals surface area contributed by atoms with E-state index in [4.69, 9.17) is 10.5 Å². The molecule has 1 aromatic carbocycles. The molecule has 5 heteroatoms. The minimum absolute atomic E-state index is 0.362. The number of benzene rings is 1. The van der Waals surface area contributed by atoms with Gasteiger partial charge in [-0.1, -0.05) is 6.92 Å². The number of ether oxygens (including phenoxy) is 1. The topological polar surface area (TPSA) is 73.1 Å². The number of fused-ring (bicyclic) bond motifs is 1. The molecule has 2 unspecified atom stereocenters. The van der Waals surface area contributed by atoms with Gasteiger partial charge < -0.3 is 15.8 Å². The molecule has 1 aliphatic rings. The molecule has 2 heterocycles. The number of hydrogen-bond acceptors (Lipinski definition) is 5. The van der Waals surface area contributed by atoms with Crippen molar-refractivity contribution in [3.8, 4) is 0 Å². The number of nitrogens with one attached hydrogen (secondary N) is 1. The molecule has 106 valence electrons. The maximum Gasteiger partial charge on any atom is 0.137 e. The predicted octanol–water partition coefficient (Wildman–Crippen LogP) is 2.44. The van der Waals surface area contributed by atoms with E-state index < -0.39 is 0 Å². The van der Waals surface area contributed by atoms with Gasteiger partial charge in [-0.15, -0.1) is 0 Å². The summed E-state index contributed by atoms with van der Waals surface area (Å²) >= 11 is 0. The second-order valence-electron chi connectivity index (χ2n) is 5.25. The fraction of sp³-hybridized carbons (Fsp3) is 0.467. The van der Waals surface area contributed by atoms with Gasteiger partial charge in [0.05, 0.1) is 11.6 Å². The highest BCUT2D eigenvalue weighted by Gasteiger charge is 2.26. The van der Waals surface area contributed by atoms with E-state index in [1.54, 1.807) is 6.33 Å². The average molecular weight is 272 g/mol. The molecular weight excluding hydrogens is 252 g/mol. The summed E-state index contributed by atoms with van der Waals surface area (Å²) in [7, 11) is 0. The first-order valence-electron chi connectivity index (χ1n) is 7.13. The zero-order valence-corrected chi connectivity index (χ0v) is 11.7. The molecule has 1 aliphatic heterocycles. The molecule has 2 atom stereocenters. The number of nitrogens with zero attached hydrogens (tertiary/aromatic N) is 2. The minimum atomic E-state index is 0.362. The van der Waals surface area contributed by atoms with Gasteiger partial charge in [0.1, 0.15) is 12.1 Å². The summed E-state index contributed by atoms with van der Waals surface area (Å²) in [6, 6.07) is 5.70. The van der Waals surface area contributed by atoms with Crippen LogP contribution in [-0.4, -0.2) is 29.2 Å². The summed E-state index contributed by atoms with van der Waals surface area (Å²) in [5.74, 6) is 1.40. The normalized spacial score (nSPS) is 22.2. The molecule has 0 saturated carbocycles. The summed E-state index contributed by atoms with van der Waals surface area (Å²) in [5.41, 5.74) is 7.49. The van der Waals surface area contributed by atoms with E-state index in [-0.39, 0.29) is 0 Å². The lowest BCUT2D eigenvalue weighted by Gasteiger charge is -2.18. The molecule has 3 rings (SSSR count). The number of aromatic nitrogens is 2. The molecule has 0 amide bonds. The van der Waals surface area contributed by atoms with Crippen molar-refractivity contribution in [1.82, 2.24) is 9.97 Å². The van der Waals surface area contributed by atoms with E-state index in [0.717, 1.165) is 48.4 Å². The van der Waals surface area contributed by atoms with Crippen molar-refractivity contribution in [2.75, 3.05) is 24.2 Å². The molecule has 0 aliphatic carbocycles. The Kier molecular flexibility index (Phi) is 3.69. The van der Waals surface area contributed by atoms with Gasteiger partial charge in [-0.05, 0) is 31.0 Å². The summed E-state index contributed by atoms with van der Waals surface area (Å²) in [4.78, 5) is 8.60. The highest BCUT2D eigenvalue weighted by molar-refractivity contribution is 5.91. The number of nitrogen functional groups attached to an aromatic ring is 1. The average Bonchev–Trinajstić information content (AvgIpc) is 2.92. The molecule has 0 spiro atoms. The molecule has 1 aromatic heterocycles. The zero-order valence-electron chi connectivity index (χ0n) is 11.7. The lowest BCUT2D eigenvalue weighted by Crippen LogP contribution is -2.23. The lowest BCUT2D eigenvalue weighted by molar-refractivity contribution is 0.0900. The van der Waals surface area contributed by atoms with Crippen LogP contribution < -0.4 is 11.1 Å². The van der Waals surface area contributed by atoms with Crippen LogP contribution in [0.2, 0.25) is 0 Å². The maximum atomic E-state index is 5.85. The Morgan fingerprint density at radius 2 is 2.30 bits per heavy atom. The van der Waals surface area contributed by atoms with Crippen LogP contribution in [0.25, 0.3) is 10.9 Å². The van der Waals surface area contributed by atoms with Crippen molar-refractivity contribution >= 4 is 22.4 Å². The van der Waals surface area contributed by atoms with Crippen molar-refractivity contribution in [2.45, 2.75) is 25.9 Å². The molecule has 1 fully saturated rings. The van der Waals surface area contributed by atoms with Gasteiger partial charge in [-0.25, -0.2) is 9.97 Å². The Morgan fingerprint density at radius 3 is 3.15 bits per heavy atom. The number of nitrogens with two attached hydrogens (primary N) is 1. The number of anilines is 2. The lowest BCUT2D eigenvalue weighted by atomic mass is 10.00. The SMILES string of the molecule is CCC1OCCC1CNc1ncnc2ccc(N)cc12. The van der Waals surface area contributed by atoms with Crippen molar-refractivity contribution < 1.29 is 4.74 Å². The standard InChI is InChI=1S/C15H20N4O/c1-2-14-10(5-6-20-14)8-17-15-12-7-11(16)3-4-13(12)18-9-19-15/h3-4,7,9-10,14H,2,5-6,8,16H2,1H3,(H,17,18,19). The van der Waals surface area contributed by atoms with Crippen LogP contribution in [0.4, 0.5) is 11.5 Å². The number of rotatable bonds is 4. The Bertz CT molecular complexity index is 601. The largest absolute Gasteiger partial charge is 0.399 e. The van der Waals surface area contributed by atoms with Crippen LogP contribution in [0.5, 0.6) is 0 Å². The van der Waals surface area contributed by atoms with E-state index in [9.17, 15) is 0 Å². The van der Waals surface area contributed by atoms with Crippen molar-refractivity contribution in [1.29, 1.82) is 0 Å². The third kappa shape index (κ3) is 2.54. The van der Waals surface area contributed by atoms with E-state index in [0.29, 0.717) is 12.0 Å². The van der Waals surface area contributed by atoms with E-state index >= 15 is 0 Å². The molecular formula is C15H20N4O. The van der Waals surface area contributed by atoms with Crippen molar-refractivity contribution in [3.63, 3.8) is 0 Å². The van der Waals surface area contributed by atoms with Crippen LogP contribution in [0.15, 0.2) is 24.5 Å². The highest BCUT2D eigenvalue weighted by Crippen LogP contribution is 2.26. The van der Waals surface area contributed by atoms with Gasteiger partial charge in [0.2, 0.25) is 0 Å². The van der Waals surface area contributed by atoms with E-state index in [2.05, 4.69) is 22.2 Å². The van der Waals surface area contributed by atoms with Crippen molar-refractivity contribution in [3.05, 3.63) is 24.5 Å². The molecule has 1 saturated heterocycles. The molecule has 0 bridgehead atoms.